The summed E-state index contributed by atoms with van der Waals surface area (Å²) in [6.45, 7) is 8.85. The second-order valence-corrected chi connectivity index (χ2v) is 3.67. The number of nitrogens with one attached hydrogen (secondary N) is 1. The Bertz CT molecular complexity index is 300. The molecule has 0 aromatic carbocycles. The van der Waals surface area contributed by atoms with Gasteiger partial charge in [-0.3, -0.25) is 4.98 Å². The lowest BCUT2D eigenvalue weighted by Gasteiger charge is -2.18. The molecule has 1 rings (SSSR count). The van der Waals surface area contributed by atoms with Gasteiger partial charge < -0.3 is 10.2 Å². The van der Waals surface area contributed by atoms with Gasteiger partial charge in [-0.1, -0.05) is 13.8 Å². The molecule has 0 saturated carbocycles. The van der Waals surface area contributed by atoms with Crippen LogP contribution in [0.25, 0.3) is 0 Å². The number of hydrogen-bond acceptors (Lipinski definition) is 3. The van der Waals surface area contributed by atoms with Gasteiger partial charge in [0.05, 0.1) is 6.20 Å². The zero-order valence-electron chi connectivity index (χ0n) is 10.0. The van der Waals surface area contributed by atoms with Crippen LogP contribution in [0.15, 0.2) is 18.5 Å². The summed E-state index contributed by atoms with van der Waals surface area (Å²) in [6, 6.07) is 1.71. The fourth-order valence-electron chi connectivity index (χ4n) is 1.55. The van der Waals surface area contributed by atoms with Crippen LogP contribution in [0.1, 0.15) is 19.4 Å². The minimum absolute atomic E-state index is 0.238. The van der Waals surface area contributed by atoms with Gasteiger partial charge in [-0.25, -0.2) is 4.39 Å². The van der Waals surface area contributed by atoms with Crippen LogP contribution in [-0.4, -0.2) is 36.1 Å². The normalized spacial score (nSPS) is 11.0. The molecular weight excluding hydrogens is 205 g/mol. The summed E-state index contributed by atoms with van der Waals surface area (Å²) in [5.74, 6) is -0.238. The molecule has 0 amide bonds. The van der Waals surface area contributed by atoms with Gasteiger partial charge in [0.2, 0.25) is 0 Å². The van der Waals surface area contributed by atoms with E-state index in [1.807, 2.05) is 0 Å². The van der Waals surface area contributed by atoms with E-state index in [9.17, 15) is 4.39 Å². The Hall–Kier alpha value is -1.00. The second kappa shape index (κ2) is 7.30. The van der Waals surface area contributed by atoms with Gasteiger partial charge in [0.25, 0.3) is 0 Å². The SMILES string of the molecule is CCN(CC)CCNCc1ccncc1F. The molecule has 0 saturated heterocycles. The van der Waals surface area contributed by atoms with Crippen LogP contribution < -0.4 is 5.32 Å². The quantitative estimate of drug-likeness (QED) is 0.715. The monoisotopic (exact) mass is 225 g/mol. The van der Waals surface area contributed by atoms with E-state index in [0.29, 0.717) is 12.1 Å². The minimum atomic E-state index is -0.238. The van der Waals surface area contributed by atoms with Crippen molar-refractivity contribution in [2.24, 2.45) is 0 Å². The minimum Gasteiger partial charge on any atom is -0.311 e. The molecule has 0 fully saturated rings. The number of halogens is 1. The third-order valence-electron chi connectivity index (χ3n) is 2.67. The third kappa shape index (κ3) is 4.24. The van der Waals surface area contributed by atoms with Crippen LogP contribution in [0.2, 0.25) is 0 Å². The molecule has 0 radical (unpaired) electrons. The molecule has 3 nitrogen and oxygen atoms in total. The highest BCUT2D eigenvalue weighted by Gasteiger charge is 2.01. The van der Waals surface area contributed by atoms with Gasteiger partial charge >= 0.3 is 0 Å². The van der Waals surface area contributed by atoms with E-state index in [2.05, 4.69) is 29.0 Å². The van der Waals surface area contributed by atoms with Gasteiger partial charge in [-0.15, -0.1) is 0 Å². The zero-order chi connectivity index (χ0) is 11.8. The van der Waals surface area contributed by atoms with Gasteiger partial charge in [0.1, 0.15) is 5.82 Å². The molecule has 0 aliphatic heterocycles. The van der Waals surface area contributed by atoms with Gasteiger partial charge in [0, 0.05) is 31.4 Å². The van der Waals surface area contributed by atoms with Crippen molar-refractivity contribution in [3.8, 4) is 0 Å². The summed E-state index contributed by atoms with van der Waals surface area (Å²) in [5, 5.41) is 3.23. The average Bonchev–Trinajstić information content (AvgIpc) is 2.31. The first-order valence-electron chi connectivity index (χ1n) is 5.79. The molecule has 0 aliphatic rings. The van der Waals surface area contributed by atoms with E-state index in [0.717, 1.165) is 26.2 Å². The van der Waals surface area contributed by atoms with Crippen LogP contribution in [0.3, 0.4) is 0 Å². The summed E-state index contributed by atoms with van der Waals surface area (Å²) in [7, 11) is 0. The second-order valence-electron chi connectivity index (χ2n) is 3.67. The maximum absolute atomic E-state index is 13.2. The Morgan fingerprint density at radius 1 is 1.38 bits per heavy atom. The summed E-state index contributed by atoms with van der Waals surface area (Å²) in [6.07, 6.45) is 2.87. The van der Waals surface area contributed by atoms with Gasteiger partial charge in [-0.2, -0.15) is 0 Å². The van der Waals surface area contributed by atoms with Crippen molar-refractivity contribution in [3.63, 3.8) is 0 Å². The van der Waals surface area contributed by atoms with E-state index in [1.54, 1.807) is 12.3 Å². The number of rotatable bonds is 7. The largest absolute Gasteiger partial charge is 0.311 e. The summed E-state index contributed by atoms with van der Waals surface area (Å²) in [4.78, 5) is 6.05. The van der Waals surface area contributed by atoms with Crippen molar-refractivity contribution >= 4 is 0 Å². The number of pyridine rings is 1. The lowest BCUT2D eigenvalue weighted by Crippen LogP contribution is -2.31. The van der Waals surface area contributed by atoms with Crippen molar-refractivity contribution in [1.29, 1.82) is 0 Å². The molecule has 0 spiro atoms. The Labute approximate surface area is 96.7 Å². The lowest BCUT2D eigenvalue weighted by atomic mass is 10.2. The predicted octanol–water partition coefficient (Wildman–Crippen LogP) is 1.65. The summed E-state index contributed by atoms with van der Waals surface area (Å²) < 4.78 is 13.2. The molecule has 90 valence electrons. The highest BCUT2D eigenvalue weighted by Crippen LogP contribution is 2.03. The van der Waals surface area contributed by atoms with Crippen LogP contribution >= 0.6 is 0 Å². The predicted molar refractivity (Wildman–Crippen MR) is 63.7 cm³/mol. The van der Waals surface area contributed by atoms with E-state index < -0.39 is 0 Å². The number of likely N-dealkylation sites (N-methyl/N-ethyl adjacent to an activating group) is 1. The summed E-state index contributed by atoms with van der Waals surface area (Å²) >= 11 is 0. The van der Waals surface area contributed by atoms with Crippen molar-refractivity contribution in [2.45, 2.75) is 20.4 Å². The molecule has 4 heteroatoms. The van der Waals surface area contributed by atoms with Crippen molar-refractivity contribution in [3.05, 3.63) is 29.8 Å². The molecule has 0 aliphatic carbocycles. The summed E-state index contributed by atoms with van der Waals surface area (Å²) in [5.41, 5.74) is 0.676. The number of hydrogen-bond donors (Lipinski definition) is 1. The molecule has 1 heterocycles. The number of nitrogens with zero attached hydrogens (tertiary/aromatic N) is 2. The first-order valence-corrected chi connectivity index (χ1v) is 5.79. The van der Waals surface area contributed by atoms with Crippen molar-refractivity contribution < 1.29 is 4.39 Å². The van der Waals surface area contributed by atoms with E-state index in [1.165, 1.54) is 6.20 Å². The highest BCUT2D eigenvalue weighted by molar-refractivity contribution is 5.11. The highest BCUT2D eigenvalue weighted by atomic mass is 19.1. The Balaban J connectivity index is 2.23. The third-order valence-corrected chi connectivity index (χ3v) is 2.67. The van der Waals surface area contributed by atoms with Crippen LogP contribution in [0.5, 0.6) is 0 Å². The van der Waals surface area contributed by atoms with E-state index in [-0.39, 0.29) is 5.82 Å². The first-order chi connectivity index (χ1) is 7.77. The number of aromatic nitrogens is 1. The molecule has 1 N–H and O–H groups in total. The fourth-order valence-corrected chi connectivity index (χ4v) is 1.55. The smallest absolute Gasteiger partial charge is 0.145 e. The van der Waals surface area contributed by atoms with Gasteiger partial charge in [-0.05, 0) is 19.2 Å². The molecule has 0 atom stereocenters. The Morgan fingerprint density at radius 3 is 2.75 bits per heavy atom. The molecule has 1 aromatic heterocycles. The maximum atomic E-state index is 13.2. The lowest BCUT2D eigenvalue weighted by molar-refractivity contribution is 0.302. The fraction of sp³-hybridized carbons (Fsp3) is 0.583. The Morgan fingerprint density at radius 2 is 2.12 bits per heavy atom. The average molecular weight is 225 g/mol. The standard InChI is InChI=1S/C12H20FN3/c1-3-16(4-2)8-7-15-9-11-5-6-14-10-12(11)13/h5-6,10,15H,3-4,7-9H2,1-2H3. The van der Waals surface area contributed by atoms with E-state index >= 15 is 0 Å². The van der Waals surface area contributed by atoms with E-state index in [4.69, 9.17) is 0 Å². The maximum Gasteiger partial charge on any atom is 0.145 e. The molecular formula is C12H20FN3. The van der Waals surface area contributed by atoms with Crippen LogP contribution in [0, 0.1) is 5.82 Å². The zero-order valence-corrected chi connectivity index (χ0v) is 10.0. The first kappa shape index (κ1) is 13.1. The van der Waals surface area contributed by atoms with Crippen LogP contribution in [0.4, 0.5) is 4.39 Å². The van der Waals surface area contributed by atoms with Crippen molar-refractivity contribution in [2.75, 3.05) is 26.2 Å². The van der Waals surface area contributed by atoms with Gasteiger partial charge in [0.15, 0.2) is 0 Å². The topological polar surface area (TPSA) is 28.2 Å². The Kier molecular flexibility index (Phi) is 5.96. The molecule has 16 heavy (non-hydrogen) atoms. The molecule has 0 bridgehead atoms. The van der Waals surface area contributed by atoms with Crippen LogP contribution in [-0.2, 0) is 6.54 Å². The molecule has 0 unspecified atom stereocenters. The molecule has 1 aromatic rings. The van der Waals surface area contributed by atoms with Crippen molar-refractivity contribution in [1.82, 2.24) is 15.2 Å².